The molecule has 0 saturated heterocycles. The van der Waals surface area contributed by atoms with Crippen molar-refractivity contribution in [1.29, 1.82) is 0 Å². The van der Waals surface area contributed by atoms with E-state index in [0.717, 1.165) is 5.56 Å². The van der Waals surface area contributed by atoms with Crippen LogP contribution in [-0.4, -0.2) is 27.1 Å². The fourth-order valence-electron chi connectivity index (χ4n) is 2.22. The van der Waals surface area contributed by atoms with Crippen LogP contribution >= 0.6 is 12.4 Å². The van der Waals surface area contributed by atoms with Crippen molar-refractivity contribution in [3.05, 3.63) is 23.8 Å². The summed E-state index contributed by atoms with van der Waals surface area (Å²) in [5.41, 5.74) is 6.46. The largest absolute Gasteiger partial charge is 0.491 e. The van der Waals surface area contributed by atoms with Crippen molar-refractivity contribution in [2.45, 2.75) is 58.1 Å². The fraction of sp³-hybridized carbons (Fsp3) is 0.625. The van der Waals surface area contributed by atoms with E-state index in [-0.39, 0.29) is 36.0 Å². The quantitative estimate of drug-likeness (QED) is 0.743. The first-order valence-corrected chi connectivity index (χ1v) is 9.13. The highest BCUT2D eigenvalue weighted by molar-refractivity contribution is 7.89. The van der Waals surface area contributed by atoms with Crippen molar-refractivity contribution in [2.75, 3.05) is 6.54 Å². The molecular weight excluding hydrogens is 336 g/mol. The molecule has 3 N–H and O–H groups in total. The number of benzene rings is 1. The first-order chi connectivity index (χ1) is 10.2. The smallest absolute Gasteiger partial charge is 0.240 e. The van der Waals surface area contributed by atoms with Crippen LogP contribution in [0.3, 0.4) is 0 Å². The minimum atomic E-state index is -3.57. The topological polar surface area (TPSA) is 81.4 Å². The van der Waals surface area contributed by atoms with Gasteiger partial charge in [-0.1, -0.05) is 13.8 Å². The molecule has 1 aromatic rings. The first-order valence-electron chi connectivity index (χ1n) is 7.65. The maximum atomic E-state index is 12.5. The number of sulfonamides is 1. The Balaban J connectivity index is 0.00000484. The molecule has 0 aliphatic heterocycles. The molecule has 0 fully saturated rings. The minimum Gasteiger partial charge on any atom is -0.491 e. The Labute approximate surface area is 146 Å². The number of halogens is 1. The third kappa shape index (κ3) is 7.08. The standard InChI is InChI=1S/C16H28N2O3S.ClH/c1-11(2)8-14(10-17)18-22(19,20)15-6-7-16(13(5)9-15)21-12(3)4;/h6-7,9,11-12,14,18H,8,10,17H2,1-5H3;1H. The second-order valence-electron chi connectivity index (χ2n) is 6.28. The van der Waals surface area contributed by atoms with Crippen molar-refractivity contribution in [2.24, 2.45) is 11.7 Å². The van der Waals surface area contributed by atoms with E-state index in [1.807, 2.05) is 34.6 Å². The molecule has 0 bridgehead atoms. The lowest BCUT2D eigenvalue weighted by atomic mass is 10.1. The second kappa shape index (κ2) is 9.47. The number of ether oxygens (including phenoxy) is 1. The number of rotatable bonds is 8. The van der Waals surface area contributed by atoms with E-state index in [9.17, 15) is 8.42 Å². The van der Waals surface area contributed by atoms with E-state index >= 15 is 0 Å². The summed E-state index contributed by atoms with van der Waals surface area (Å²) in [5, 5.41) is 0. The Hall–Kier alpha value is -0.820. The summed E-state index contributed by atoms with van der Waals surface area (Å²) in [7, 11) is -3.57. The average Bonchev–Trinajstić information content (AvgIpc) is 2.38. The van der Waals surface area contributed by atoms with E-state index in [1.165, 1.54) is 0 Å². The number of hydrogen-bond acceptors (Lipinski definition) is 4. The molecule has 1 unspecified atom stereocenters. The van der Waals surface area contributed by atoms with Gasteiger partial charge in [0.2, 0.25) is 10.0 Å². The molecule has 1 aromatic carbocycles. The van der Waals surface area contributed by atoms with Gasteiger partial charge in [0, 0.05) is 12.6 Å². The fourth-order valence-corrected chi connectivity index (χ4v) is 3.57. The molecule has 0 amide bonds. The number of nitrogens with two attached hydrogens (primary N) is 1. The molecule has 0 aliphatic carbocycles. The summed E-state index contributed by atoms with van der Waals surface area (Å²) >= 11 is 0. The summed E-state index contributed by atoms with van der Waals surface area (Å²) in [4.78, 5) is 0.239. The molecule has 0 aromatic heterocycles. The van der Waals surface area contributed by atoms with Crippen LogP contribution in [0.25, 0.3) is 0 Å². The second-order valence-corrected chi connectivity index (χ2v) is 7.99. The normalized spacial score (nSPS) is 13.0. The van der Waals surface area contributed by atoms with Gasteiger partial charge in [-0.05, 0) is 56.9 Å². The predicted octanol–water partition coefficient (Wildman–Crippen LogP) is 2.86. The van der Waals surface area contributed by atoms with Crippen molar-refractivity contribution < 1.29 is 13.2 Å². The van der Waals surface area contributed by atoms with Gasteiger partial charge in [-0.2, -0.15) is 0 Å². The highest BCUT2D eigenvalue weighted by Crippen LogP contribution is 2.23. The van der Waals surface area contributed by atoms with Crippen LogP contribution < -0.4 is 15.2 Å². The van der Waals surface area contributed by atoms with Crippen LogP contribution in [0.2, 0.25) is 0 Å². The highest BCUT2D eigenvalue weighted by Gasteiger charge is 2.21. The summed E-state index contributed by atoms with van der Waals surface area (Å²) in [6.07, 6.45) is 0.760. The van der Waals surface area contributed by atoms with E-state index in [4.69, 9.17) is 10.5 Å². The van der Waals surface area contributed by atoms with Crippen LogP contribution in [0.4, 0.5) is 0 Å². The maximum absolute atomic E-state index is 12.5. The monoisotopic (exact) mass is 364 g/mol. The average molecular weight is 365 g/mol. The zero-order valence-electron chi connectivity index (χ0n) is 14.5. The van der Waals surface area contributed by atoms with Gasteiger partial charge in [0.05, 0.1) is 11.0 Å². The van der Waals surface area contributed by atoms with Gasteiger partial charge in [-0.25, -0.2) is 13.1 Å². The van der Waals surface area contributed by atoms with Crippen LogP contribution in [-0.2, 0) is 10.0 Å². The van der Waals surface area contributed by atoms with Crippen molar-refractivity contribution >= 4 is 22.4 Å². The molecule has 1 rings (SSSR count). The Bertz CT molecular complexity index is 589. The zero-order valence-corrected chi connectivity index (χ0v) is 16.1. The van der Waals surface area contributed by atoms with Gasteiger partial charge in [0.1, 0.15) is 5.75 Å². The molecule has 23 heavy (non-hydrogen) atoms. The Morgan fingerprint density at radius 2 is 1.83 bits per heavy atom. The molecule has 0 saturated carbocycles. The summed E-state index contributed by atoms with van der Waals surface area (Å²) in [6.45, 7) is 10.1. The van der Waals surface area contributed by atoms with Gasteiger partial charge in [-0.15, -0.1) is 12.4 Å². The van der Waals surface area contributed by atoms with Crippen LogP contribution in [0.5, 0.6) is 5.75 Å². The highest BCUT2D eigenvalue weighted by atomic mass is 35.5. The maximum Gasteiger partial charge on any atom is 0.240 e. The van der Waals surface area contributed by atoms with E-state index in [1.54, 1.807) is 18.2 Å². The first kappa shape index (κ1) is 22.2. The lowest BCUT2D eigenvalue weighted by molar-refractivity contribution is 0.240. The van der Waals surface area contributed by atoms with Crippen LogP contribution in [0.15, 0.2) is 23.1 Å². The van der Waals surface area contributed by atoms with E-state index < -0.39 is 10.0 Å². The molecule has 0 aliphatic rings. The predicted molar refractivity (Wildman–Crippen MR) is 96.8 cm³/mol. The summed E-state index contributed by atoms with van der Waals surface area (Å²) in [6, 6.07) is 4.64. The molecular formula is C16H29ClN2O3S. The van der Waals surface area contributed by atoms with Crippen molar-refractivity contribution in [1.82, 2.24) is 4.72 Å². The van der Waals surface area contributed by atoms with Crippen molar-refractivity contribution in [3.8, 4) is 5.75 Å². The molecule has 7 heteroatoms. The molecule has 1 atom stereocenters. The molecule has 0 radical (unpaired) electrons. The molecule has 0 spiro atoms. The van der Waals surface area contributed by atoms with Crippen LogP contribution in [0, 0.1) is 12.8 Å². The van der Waals surface area contributed by atoms with E-state index in [0.29, 0.717) is 18.1 Å². The Morgan fingerprint density at radius 3 is 2.26 bits per heavy atom. The lowest BCUT2D eigenvalue weighted by Crippen LogP contribution is -2.40. The molecule has 0 heterocycles. The molecule has 5 nitrogen and oxygen atoms in total. The Morgan fingerprint density at radius 1 is 1.22 bits per heavy atom. The SMILES string of the molecule is Cc1cc(S(=O)(=O)NC(CN)CC(C)C)ccc1OC(C)C.Cl. The summed E-state index contributed by atoms with van der Waals surface area (Å²) < 4.78 is 33.2. The summed E-state index contributed by atoms with van der Waals surface area (Å²) in [5.74, 6) is 1.08. The molecule has 134 valence electrons. The van der Waals surface area contributed by atoms with Gasteiger partial charge < -0.3 is 10.5 Å². The third-order valence-electron chi connectivity index (χ3n) is 3.18. The van der Waals surface area contributed by atoms with Crippen molar-refractivity contribution in [3.63, 3.8) is 0 Å². The van der Waals surface area contributed by atoms with Gasteiger partial charge >= 0.3 is 0 Å². The zero-order chi connectivity index (χ0) is 16.9. The van der Waals surface area contributed by atoms with E-state index in [2.05, 4.69) is 4.72 Å². The minimum absolute atomic E-state index is 0. The number of aryl methyl sites for hydroxylation is 1. The van der Waals surface area contributed by atoms with Gasteiger partial charge in [-0.3, -0.25) is 0 Å². The number of nitrogens with one attached hydrogen (secondary N) is 1. The third-order valence-corrected chi connectivity index (χ3v) is 4.70. The van der Waals surface area contributed by atoms with Crippen LogP contribution in [0.1, 0.15) is 39.7 Å². The Kier molecular flexibility index (Phi) is 9.13. The lowest BCUT2D eigenvalue weighted by Gasteiger charge is -2.19. The van der Waals surface area contributed by atoms with Gasteiger partial charge in [0.25, 0.3) is 0 Å². The number of hydrogen-bond donors (Lipinski definition) is 2. The van der Waals surface area contributed by atoms with Gasteiger partial charge in [0.15, 0.2) is 0 Å².